The number of rotatable bonds is 4. The summed E-state index contributed by atoms with van der Waals surface area (Å²) in [6.07, 6.45) is -3.72. The molecule has 1 aromatic rings. The molecule has 1 heterocycles. The molecule has 0 radical (unpaired) electrons. The predicted octanol–water partition coefficient (Wildman–Crippen LogP) is 2.55. The van der Waals surface area contributed by atoms with Crippen LogP contribution in [0.25, 0.3) is 0 Å². The molecule has 1 saturated heterocycles. The first kappa shape index (κ1) is 24.4. The SMILES string of the molecule is CC(C)CC(=O)N1CCN(Cc2ccc(C(F)(F)F)cc2)CC1.O=C(O)C(=O)O. The lowest BCUT2D eigenvalue weighted by Gasteiger charge is -2.35. The van der Waals surface area contributed by atoms with Gasteiger partial charge in [0, 0.05) is 39.1 Å². The maximum absolute atomic E-state index is 12.5. The summed E-state index contributed by atoms with van der Waals surface area (Å²) in [7, 11) is 0. The van der Waals surface area contributed by atoms with Crippen molar-refractivity contribution in [3.05, 3.63) is 35.4 Å². The second kappa shape index (κ2) is 10.8. The average Bonchev–Trinajstić information content (AvgIpc) is 2.62. The zero-order valence-electron chi connectivity index (χ0n) is 16.3. The first-order valence-electron chi connectivity index (χ1n) is 9.02. The van der Waals surface area contributed by atoms with Crippen molar-refractivity contribution >= 4 is 17.8 Å². The van der Waals surface area contributed by atoms with Crippen molar-refractivity contribution in [2.24, 2.45) is 5.92 Å². The summed E-state index contributed by atoms with van der Waals surface area (Å²) < 4.78 is 37.6. The molecule has 0 atom stereocenters. The van der Waals surface area contributed by atoms with Crippen molar-refractivity contribution in [2.45, 2.75) is 33.0 Å². The minimum Gasteiger partial charge on any atom is -0.473 e. The Hall–Kier alpha value is -2.62. The van der Waals surface area contributed by atoms with Crippen LogP contribution in [0.15, 0.2) is 24.3 Å². The van der Waals surface area contributed by atoms with Gasteiger partial charge in [-0.3, -0.25) is 9.69 Å². The number of nitrogens with zero attached hydrogens (tertiary/aromatic N) is 2. The lowest BCUT2D eigenvalue weighted by Crippen LogP contribution is -2.48. The molecule has 0 spiro atoms. The molecule has 1 aromatic carbocycles. The van der Waals surface area contributed by atoms with E-state index in [1.165, 1.54) is 12.1 Å². The van der Waals surface area contributed by atoms with Crippen molar-refractivity contribution in [3.63, 3.8) is 0 Å². The number of carboxylic acids is 2. The fourth-order valence-corrected chi connectivity index (χ4v) is 2.69. The second-order valence-corrected chi connectivity index (χ2v) is 7.06. The van der Waals surface area contributed by atoms with Gasteiger partial charge in [-0.2, -0.15) is 13.2 Å². The Bertz CT molecular complexity index is 685. The molecule has 1 fully saturated rings. The topological polar surface area (TPSA) is 98.2 Å². The number of piperazine rings is 1. The summed E-state index contributed by atoms with van der Waals surface area (Å²) in [6, 6.07) is 5.30. The maximum atomic E-state index is 12.5. The first-order valence-corrected chi connectivity index (χ1v) is 9.02. The van der Waals surface area contributed by atoms with Crippen LogP contribution in [0.3, 0.4) is 0 Å². The van der Waals surface area contributed by atoms with E-state index in [2.05, 4.69) is 4.90 Å². The molecule has 1 amide bonds. The van der Waals surface area contributed by atoms with E-state index in [9.17, 15) is 18.0 Å². The molecule has 162 valence electrons. The second-order valence-electron chi connectivity index (χ2n) is 7.06. The van der Waals surface area contributed by atoms with Gasteiger partial charge in [-0.15, -0.1) is 0 Å². The van der Waals surface area contributed by atoms with E-state index in [4.69, 9.17) is 19.8 Å². The predicted molar refractivity (Wildman–Crippen MR) is 98.0 cm³/mol. The molecule has 0 aromatic heterocycles. The van der Waals surface area contributed by atoms with Crippen LogP contribution in [-0.4, -0.2) is 64.0 Å². The summed E-state index contributed by atoms with van der Waals surface area (Å²) in [5.41, 5.74) is 0.241. The smallest absolute Gasteiger partial charge is 0.416 e. The van der Waals surface area contributed by atoms with Gasteiger partial charge in [0.2, 0.25) is 5.91 Å². The Morgan fingerprint density at radius 2 is 1.45 bits per heavy atom. The van der Waals surface area contributed by atoms with Gasteiger partial charge < -0.3 is 15.1 Å². The quantitative estimate of drug-likeness (QED) is 0.730. The Kier molecular flexibility index (Phi) is 9.09. The van der Waals surface area contributed by atoms with Crippen LogP contribution in [0.4, 0.5) is 13.2 Å². The third-order valence-electron chi connectivity index (χ3n) is 4.18. The molecular weight excluding hydrogens is 393 g/mol. The molecule has 10 heteroatoms. The minimum atomic E-state index is -4.29. The van der Waals surface area contributed by atoms with Crippen LogP contribution in [0.5, 0.6) is 0 Å². The Balaban J connectivity index is 0.000000612. The molecule has 0 aliphatic carbocycles. The fraction of sp³-hybridized carbons (Fsp3) is 0.526. The van der Waals surface area contributed by atoms with Crippen molar-refractivity contribution in [1.29, 1.82) is 0 Å². The highest BCUT2D eigenvalue weighted by atomic mass is 19.4. The van der Waals surface area contributed by atoms with Gasteiger partial charge in [0.1, 0.15) is 0 Å². The summed E-state index contributed by atoms with van der Waals surface area (Å²) >= 11 is 0. The summed E-state index contributed by atoms with van der Waals surface area (Å²) in [6.45, 7) is 7.55. The lowest BCUT2D eigenvalue weighted by molar-refractivity contribution is -0.159. The number of halogens is 3. The van der Waals surface area contributed by atoms with Crippen molar-refractivity contribution in [1.82, 2.24) is 9.80 Å². The highest BCUT2D eigenvalue weighted by molar-refractivity contribution is 6.27. The third kappa shape index (κ3) is 8.95. The Morgan fingerprint density at radius 3 is 1.83 bits per heavy atom. The van der Waals surface area contributed by atoms with Crippen LogP contribution in [-0.2, 0) is 27.1 Å². The monoisotopic (exact) mass is 418 g/mol. The first-order chi connectivity index (χ1) is 13.4. The average molecular weight is 418 g/mol. The number of carboxylic acid groups (broad SMARTS) is 2. The summed E-state index contributed by atoms with van der Waals surface area (Å²) in [5.74, 6) is -3.10. The van der Waals surface area contributed by atoms with Crippen LogP contribution in [0, 0.1) is 5.92 Å². The molecular formula is C19H25F3N2O5. The summed E-state index contributed by atoms with van der Waals surface area (Å²) in [4.78, 5) is 34.3. The summed E-state index contributed by atoms with van der Waals surface area (Å²) in [5, 5.41) is 14.8. The number of hydrogen-bond donors (Lipinski definition) is 2. The number of alkyl halides is 3. The highest BCUT2D eigenvalue weighted by Crippen LogP contribution is 2.29. The normalized spacial score (nSPS) is 14.9. The zero-order valence-corrected chi connectivity index (χ0v) is 16.3. The van der Waals surface area contributed by atoms with E-state index >= 15 is 0 Å². The molecule has 2 rings (SSSR count). The number of carbonyl (C=O) groups is 3. The van der Waals surface area contributed by atoms with Crippen LogP contribution in [0.1, 0.15) is 31.4 Å². The molecule has 29 heavy (non-hydrogen) atoms. The largest absolute Gasteiger partial charge is 0.473 e. The van der Waals surface area contributed by atoms with Gasteiger partial charge in [0.25, 0.3) is 0 Å². The number of aliphatic carboxylic acids is 2. The van der Waals surface area contributed by atoms with E-state index in [-0.39, 0.29) is 5.91 Å². The Morgan fingerprint density at radius 1 is 0.966 bits per heavy atom. The fourth-order valence-electron chi connectivity index (χ4n) is 2.69. The Labute approximate surface area is 166 Å². The minimum absolute atomic E-state index is 0.189. The molecule has 1 aliphatic rings. The van der Waals surface area contributed by atoms with Crippen molar-refractivity contribution in [3.8, 4) is 0 Å². The van der Waals surface area contributed by atoms with Gasteiger partial charge in [0.15, 0.2) is 0 Å². The molecule has 0 unspecified atom stereocenters. The van der Waals surface area contributed by atoms with Gasteiger partial charge >= 0.3 is 18.1 Å². The van der Waals surface area contributed by atoms with E-state index in [1.807, 2.05) is 18.7 Å². The maximum Gasteiger partial charge on any atom is 0.416 e. The standard InChI is InChI=1S/C17H23F3N2O.C2H2O4/c1-13(2)11-16(23)22-9-7-21(8-10-22)12-14-3-5-15(6-4-14)17(18,19)20;3-1(4)2(5)6/h3-6,13H,7-12H2,1-2H3;(H,3,4)(H,5,6). The van der Waals surface area contributed by atoms with Gasteiger partial charge in [-0.05, 0) is 23.6 Å². The van der Waals surface area contributed by atoms with Crippen LogP contribution >= 0.6 is 0 Å². The van der Waals surface area contributed by atoms with E-state index in [1.54, 1.807) is 0 Å². The number of carbonyl (C=O) groups excluding carboxylic acids is 1. The molecule has 0 saturated carbocycles. The third-order valence-corrected chi connectivity index (χ3v) is 4.18. The molecule has 2 N–H and O–H groups in total. The zero-order chi connectivity index (χ0) is 22.2. The van der Waals surface area contributed by atoms with Crippen LogP contribution in [0.2, 0.25) is 0 Å². The molecule has 0 bridgehead atoms. The van der Waals surface area contributed by atoms with Crippen molar-refractivity contribution < 1.29 is 37.8 Å². The number of hydrogen-bond acceptors (Lipinski definition) is 4. The highest BCUT2D eigenvalue weighted by Gasteiger charge is 2.30. The number of amides is 1. The van der Waals surface area contributed by atoms with E-state index in [0.29, 0.717) is 32.0 Å². The van der Waals surface area contributed by atoms with Crippen molar-refractivity contribution in [2.75, 3.05) is 26.2 Å². The molecule has 7 nitrogen and oxygen atoms in total. The molecule has 1 aliphatic heterocycles. The van der Waals surface area contributed by atoms with Crippen LogP contribution < -0.4 is 0 Å². The van der Waals surface area contributed by atoms with E-state index in [0.717, 1.165) is 30.8 Å². The van der Waals surface area contributed by atoms with Gasteiger partial charge in [-0.1, -0.05) is 26.0 Å². The van der Waals surface area contributed by atoms with Gasteiger partial charge in [-0.25, -0.2) is 9.59 Å². The lowest BCUT2D eigenvalue weighted by atomic mass is 10.1. The van der Waals surface area contributed by atoms with Gasteiger partial charge in [0.05, 0.1) is 5.56 Å². The van der Waals surface area contributed by atoms with E-state index < -0.39 is 23.7 Å². The number of benzene rings is 1.